The van der Waals surface area contributed by atoms with Crippen molar-refractivity contribution in [1.29, 1.82) is 0 Å². The summed E-state index contributed by atoms with van der Waals surface area (Å²) in [6, 6.07) is 0. The van der Waals surface area contributed by atoms with E-state index in [1.807, 2.05) is 0 Å². The smallest absolute Gasteiger partial charge is 0.0700 e. The molecule has 2 unspecified atom stereocenters. The normalized spacial score (nSPS) is 32.6. The van der Waals surface area contributed by atoms with Crippen molar-refractivity contribution in [1.82, 2.24) is 4.90 Å². The number of morpholine rings is 1. The van der Waals surface area contributed by atoms with Gasteiger partial charge in [0.2, 0.25) is 0 Å². The molecule has 1 aliphatic carbocycles. The molecule has 0 aromatic carbocycles. The predicted molar refractivity (Wildman–Crippen MR) is 61.8 cm³/mol. The molecule has 2 rings (SSSR count). The Morgan fingerprint density at radius 3 is 2.73 bits per heavy atom. The molecule has 88 valence electrons. The van der Waals surface area contributed by atoms with Crippen LogP contribution < -0.4 is 5.73 Å². The average molecular weight is 212 g/mol. The summed E-state index contributed by atoms with van der Waals surface area (Å²) in [4.78, 5) is 2.57. The van der Waals surface area contributed by atoms with Gasteiger partial charge in [0.05, 0.1) is 12.7 Å². The van der Waals surface area contributed by atoms with Gasteiger partial charge in [0.1, 0.15) is 0 Å². The summed E-state index contributed by atoms with van der Waals surface area (Å²) in [6.07, 6.45) is 4.26. The largest absolute Gasteiger partial charge is 0.376 e. The van der Waals surface area contributed by atoms with Crippen molar-refractivity contribution in [2.24, 2.45) is 11.7 Å². The van der Waals surface area contributed by atoms with E-state index in [1.165, 1.54) is 12.8 Å². The molecule has 1 aliphatic heterocycles. The molecule has 1 saturated heterocycles. The summed E-state index contributed by atoms with van der Waals surface area (Å²) in [5, 5.41) is 0. The van der Waals surface area contributed by atoms with Crippen molar-refractivity contribution < 1.29 is 4.74 Å². The molecule has 2 fully saturated rings. The third-order valence-corrected chi connectivity index (χ3v) is 4.19. The lowest BCUT2D eigenvalue weighted by molar-refractivity contribution is -0.0702. The Bertz CT molecular complexity index is 218. The van der Waals surface area contributed by atoms with E-state index in [0.717, 1.165) is 38.6 Å². The topological polar surface area (TPSA) is 38.5 Å². The minimum atomic E-state index is 0.233. The van der Waals surface area contributed by atoms with E-state index >= 15 is 0 Å². The lowest BCUT2D eigenvalue weighted by Gasteiger charge is -2.45. The first kappa shape index (κ1) is 11.4. The molecular formula is C12H24N2O. The van der Waals surface area contributed by atoms with Gasteiger partial charge in [-0.25, -0.2) is 0 Å². The van der Waals surface area contributed by atoms with Gasteiger partial charge in [-0.05, 0) is 32.1 Å². The Kier molecular flexibility index (Phi) is 3.33. The fourth-order valence-corrected chi connectivity index (χ4v) is 2.69. The van der Waals surface area contributed by atoms with Crippen LogP contribution in [0.1, 0.15) is 33.1 Å². The number of hydrogen-bond donors (Lipinski definition) is 1. The Hall–Kier alpha value is -0.120. The maximum Gasteiger partial charge on any atom is 0.0700 e. The fraction of sp³-hybridized carbons (Fsp3) is 1.00. The molecule has 0 radical (unpaired) electrons. The second kappa shape index (κ2) is 4.40. The van der Waals surface area contributed by atoms with Crippen LogP contribution in [0.25, 0.3) is 0 Å². The van der Waals surface area contributed by atoms with Crippen LogP contribution in [0.4, 0.5) is 0 Å². The first-order valence-electron chi connectivity index (χ1n) is 6.27. The summed E-state index contributed by atoms with van der Waals surface area (Å²) in [6.45, 7) is 8.32. The van der Waals surface area contributed by atoms with Gasteiger partial charge in [0, 0.05) is 25.2 Å². The van der Waals surface area contributed by atoms with Crippen molar-refractivity contribution >= 4 is 0 Å². The minimum Gasteiger partial charge on any atom is -0.376 e. The zero-order chi connectivity index (χ0) is 10.9. The molecule has 1 saturated carbocycles. The molecule has 3 heteroatoms. The highest BCUT2D eigenvalue weighted by Crippen LogP contribution is 2.43. The Balaban J connectivity index is 2.00. The van der Waals surface area contributed by atoms with Crippen LogP contribution >= 0.6 is 0 Å². The number of nitrogens with zero attached hydrogens (tertiary/aromatic N) is 1. The Morgan fingerprint density at radius 1 is 1.47 bits per heavy atom. The summed E-state index contributed by atoms with van der Waals surface area (Å²) in [5.74, 6) is 0.832. The third kappa shape index (κ3) is 2.19. The molecule has 15 heavy (non-hydrogen) atoms. The van der Waals surface area contributed by atoms with Gasteiger partial charge in [0.25, 0.3) is 0 Å². The molecule has 0 spiro atoms. The quantitative estimate of drug-likeness (QED) is 0.761. The van der Waals surface area contributed by atoms with Crippen LogP contribution in [-0.4, -0.2) is 42.8 Å². The molecule has 2 aliphatic rings. The van der Waals surface area contributed by atoms with Crippen molar-refractivity contribution in [3.8, 4) is 0 Å². The monoisotopic (exact) mass is 212 g/mol. The zero-order valence-electron chi connectivity index (χ0n) is 10.0. The highest BCUT2D eigenvalue weighted by molar-refractivity contribution is 5.01. The van der Waals surface area contributed by atoms with Gasteiger partial charge in [-0.1, -0.05) is 6.92 Å². The number of hydrogen-bond acceptors (Lipinski definition) is 3. The van der Waals surface area contributed by atoms with E-state index in [4.69, 9.17) is 10.5 Å². The molecule has 0 aromatic heterocycles. The van der Waals surface area contributed by atoms with Gasteiger partial charge in [0.15, 0.2) is 0 Å². The lowest BCUT2D eigenvalue weighted by atomic mass is 9.92. The molecule has 0 amide bonds. The zero-order valence-corrected chi connectivity index (χ0v) is 10.0. The van der Waals surface area contributed by atoms with Crippen LogP contribution in [0.15, 0.2) is 0 Å². The van der Waals surface area contributed by atoms with Gasteiger partial charge in [-0.2, -0.15) is 0 Å². The molecule has 0 bridgehead atoms. The first-order valence-corrected chi connectivity index (χ1v) is 6.27. The molecule has 3 nitrogen and oxygen atoms in total. The molecule has 0 aromatic rings. The second-order valence-electron chi connectivity index (χ2n) is 5.18. The first-order chi connectivity index (χ1) is 7.20. The van der Waals surface area contributed by atoms with E-state index in [1.54, 1.807) is 0 Å². The number of nitrogens with two attached hydrogens (primary N) is 1. The van der Waals surface area contributed by atoms with Crippen LogP contribution in [0.5, 0.6) is 0 Å². The van der Waals surface area contributed by atoms with Crippen LogP contribution in [0, 0.1) is 5.92 Å². The number of ether oxygens (including phenoxy) is 1. The maximum atomic E-state index is 5.98. The molecule has 1 heterocycles. The SMILES string of the molecule is CCC1CN(C(C)(CN)C2CC2)CCO1. The van der Waals surface area contributed by atoms with Gasteiger partial charge < -0.3 is 10.5 Å². The highest BCUT2D eigenvalue weighted by Gasteiger charge is 2.45. The molecule has 2 N–H and O–H groups in total. The minimum absolute atomic E-state index is 0.233. The molecule has 2 atom stereocenters. The Morgan fingerprint density at radius 2 is 2.20 bits per heavy atom. The standard InChI is InChI=1S/C12H24N2O/c1-3-11-8-14(6-7-15-11)12(2,9-13)10-4-5-10/h10-11H,3-9,13H2,1-2H3. The number of rotatable bonds is 4. The van der Waals surface area contributed by atoms with Crippen molar-refractivity contribution in [2.75, 3.05) is 26.2 Å². The van der Waals surface area contributed by atoms with E-state index in [-0.39, 0.29) is 5.54 Å². The van der Waals surface area contributed by atoms with Crippen LogP contribution in [-0.2, 0) is 4.74 Å². The Labute approximate surface area is 93.0 Å². The van der Waals surface area contributed by atoms with Crippen molar-refractivity contribution in [2.45, 2.75) is 44.8 Å². The second-order valence-corrected chi connectivity index (χ2v) is 5.18. The van der Waals surface area contributed by atoms with Crippen LogP contribution in [0.2, 0.25) is 0 Å². The summed E-state index contributed by atoms with van der Waals surface area (Å²) < 4.78 is 5.71. The van der Waals surface area contributed by atoms with E-state index < -0.39 is 0 Å². The average Bonchev–Trinajstić information content (AvgIpc) is 3.12. The van der Waals surface area contributed by atoms with E-state index in [0.29, 0.717) is 6.10 Å². The van der Waals surface area contributed by atoms with Gasteiger partial charge >= 0.3 is 0 Å². The fourth-order valence-electron chi connectivity index (χ4n) is 2.69. The predicted octanol–water partition coefficient (Wildman–Crippen LogP) is 1.22. The van der Waals surface area contributed by atoms with Gasteiger partial charge in [-0.3, -0.25) is 4.90 Å². The van der Waals surface area contributed by atoms with Gasteiger partial charge in [-0.15, -0.1) is 0 Å². The lowest BCUT2D eigenvalue weighted by Crippen LogP contribution is -2.58. The van der Waals surface area contributed by atoms with Crippen molar-refractivity contribution in [3.05, 3.63) is 0 Å². The van der Waals surface area contributed by atoms with E-state index in [9.17, 15) is 0 Å². The third-order valence-electron chi connectivity index (χ3n) is 4.19. The molecular weight excluding hydrogens is 188 g/mol. The summed E-state index contributed by atoms with van der Waals surface area (Å²) in [5.41, 5.74) is 6.22. The van der Waals surface area contributed by atoms with Crippen molar-refractivity contribution in [3.63, 3.8) is 0 Å². The van der Waals surface area contributed by atoms with Crippen LogP contribution in [0.3, 0.4) is 0 Å². The maximum absolute atomic E-state index is 5.98. The van der Waals surface area contributed by atoms with E-state index in [2.05, 4.69) is 18.7 Å². The highest BCUT2D eigenvalue weighted by atomic mass is 16.5. The summed E-state index contributed by atoms with van der Waals surface area (Å²) >= 11 is 0. The summed E-state index contributed by atoms with van der Waals surface area (Å²) in [7, 11) is 0.